The molecule has 0 aliphatic carbocycles. The van der Waals surface area contributed by atoms with Gasteiger partial charge >= 0.3 is 6.18 Å². The zero-order valence-corrected chi connectivity index (χ0v) is 11.0. The normalized spacial score (nSPS) is 29.4. The number of ether oxygens (including phenoxy) is 1. The van der Waals surface area contributed by atoms with E-state index in [1.165, 1.54) is 12.1 Å². The minimum absolute atomic E-state index is 0.232. The van der Waals surface area contributed by atoms with Crippen molar-refractivity contribution in [3.63, 3.8) is 0 Å². The highest BCUT2D eigenvalue weighted by Crippen LogP contribution is 2.37. The summed E-state index contributed by atoms with van der Waals surface area (Å²) in [6.45, 7) is 4.08. The van der Waals surface area contributed by atoms with Gasteiger partial charge in [0.25, 0.3) is 0 Å². The van der Waals surface area contributed by atoms with Gasteiger partial charge in [-0.15, -0.1) is 0 Å². The predicted molar refractivity (Wildman–Crippen MR) is 66.8 cm³/mol. The van der Waals surface area contributed by atoms with E-state index in [4.69, 9.17) is 4.74 Å². The molecule has 1 heterocycles. The Morgan fingerprint density at radius 2 is 1.95 bits per heavy atom. The number of benzene rings is 1. The largest absolute Gasteiger partial charge is 0.407 e. The Labute approximate surface area is 111 Å². The van der Waals surface area contributed by atoms with Gasteiger partial charge in [-0.05, 0) is 25.8 Å². The van der Waals surface area contributed by atoms with Gasteiger partial charge in [-0.3, -0.25) is 5.32 Å². The lowest BCUT2D eigenvalue weighted by atomic mass is 9.92. The predicted octanol–water partition coefficient (Wildman–Crippen LogP) is 3.45. The summed E-state index contributed by atoms with van der Waals surface area (Å²) < 4.78 is 45.1. The molecule has 3 unspecified atom stereocenters. The van der Waals surface area contributed by atoms with Crippen LogP contribution in [0.5, 0.6) is 0 Å². The molecule has 2 rings (SSSR count). The standard InChI is InChI=1S/C14H18F3NO/c1-10-13(2,8-9-19-10)18-12(14(15,16)17)11-6-4-3-5-7-11/h3-7,10,12,18H,8-9H2,1-2H3. The maximum absolute atomic E-state index is 13.3. The van der Waals surface area contributed by atoms with Gasteiger partial charge < -0.3 is 4.74 Å². The zero-order chi connectivity index (χ0) is 14.1. The molecule has 3 atom stereocenters. The first kappa shape index (κ1) is 14.3. The van der Waals surface area contributed by atoms with Crippen LogP contribution >= 0.6 is 0 Å². The third-order valence-corrected chi connectivity index (χ3v) is 3.82. The lowest BCUT2D eigenvalue weighted by Gasteiger charge is -2.35. The maximum atomic E-state index is 13.3. The van der Waals surface area contributed by atoms with E-state index in [1.807, 2.05) is 0 Å². The third-order valence-electron chi connectivity index (χ3n) is 3.82. The fourth-order valence-corrected chi connectivity index (χ4v) is 2.35. The summed E-state index contributed by atoms with van der Waals surface area (Å²) in [6, 6.07) is 6.27. The van der Waals surface area contributed by atoms with Crippen LogP contribution in [0.2, 0.25) is 0 Å². The number of hydrogen-bond acceptors (Lipinski definition) is 2. The SMILES string of the molecule is CC1OCCC1(C)NC(c1ccccc1)C(F)(F)F. The summed E-state index contributed by atoms with van der Waals surface area (Å²) in [7, 11) is 0. The fraction of sp³-hybridized carbons (Fsp3) is 0.571. The second-order valence-electron chi connectivity index (χ2n) is 5.21. The highest BCUT2D eigenvalue weighted by atomic mass is 19.4. The van der Waals surface area contributed by atoms with Crippen molar-refractivity contribution in [3.05, 3.63) is 35.9 Å². The molecule has 1 saturated heterocycles. The highest BCUT2D eigenvalue weighted by Gasteiger charge is 2.47. The average Bonchev–Trinajstić information content (AvgIpc) is 2.67. The van der Waals surface area contributed by atoms with Crippen molar-refractivity contribution in [2.75, 3.05) is 6.61 Å². The van der Waals surface area contributed by atoms with Gasteiger partial charge in [0, 0.05) is 12.1 Å². The lowest BCUT2D eigenvalue weighted by Crippen LogP contribution is -2.52. The zero-order valence-electron chi connectivity index (χ0n) is 11.0. The first-order valence-corrected chi connectivity index (χ1v) is 6.34. The summed E-state index contributed by atoms with van der Waals surface area (Å²) in [5.74, 6) is 0. The van der Waals surface area contributed by atoms with Gasteiger partial charge in [0.1, 0.15) is 6.04 Å². The van der Waals surface area contributed by atoms with Crippen LogP contribution in [-0.2, 0) is 4.74 Å². The smallest absolute Gasteiger partial charge is 0.377 e. The Bertz CT molecular complexity index is 420. The van der Waals surface area contributed by atoms with Crippen molar-refractivity contribution in [2.24, 2.45) is 0 Å². The van der Waals surface area contributed by atoms with Gasteiger partial charge in [0.05, 0.1) is 6.10 Å². The summed E-state index contributed by atoms with van der Waals surface area (Å²) in [6.07, 6.45) is -3.98. The molecule has 1 aromatic rings. The average molecular weight is 273 g/mol. The quantitative estimate of drug-likeness (QED) is 0.910. The maximum Gasteiger partial charge on any atom is 0.407 e. The van der Waals surface area contributed by atoms with E-state index in [1.54, 1.807) is 32.0 Å². The van der Waals surface area contributed by atoms with Gasteiger partial charge in [0.15, 0.2) is 0 Å². The second kappa shape index (κ2) is 5.13. The summed E-state index contributed by atoms with van der Waals surface area (Å²) >= 11 is 0. The van der Waals surface area contributed by atoms with E-state index in [9.17, 15) is 13.2 Å². The number of alkyl halides is 3. The second-order valence-corrected chi connectivity index (χ2v) is 5.21. The van der Waals surface area contributed by atoms with Crippen LogP contribution in [-0.4, -0.2) is 24.4 Å². The molecule has 0 amide bonds. The summed E-state index contributed by atoms with van der Waals surface area (Å²) in [5.41, 5.74) is -0.425. The number of halogens is 3. The van der Waals surface area contributed by atoms with Gasteiger partial charge in [-0.2, -0.15) is 13.2 Å². The molecule has 1 aliphatic heterocycles. The molecule has 0 spiro atoms. The van der Waals surface area contributed by atoms with E-state index in [0.717, 1.165) is 0 Å². The first-order chi connectivity index (χ1) is 8.83. The molecule has 1 aromatic carbocycles. The molecular formula is C14H18F3NO. The molecule has 1 aliphatic rings. The van der Waals surface area contributed by atoms with E-state index in [2.05, 4.69) is 5.32 Å². The molecule has 0 saturated carbocycles. The van der Waals surface area contributed by atoms with Crippen LogP contribution < -0.4 is 5.32 Å². The van der Waals surface area contributed by atoms with Crippen molar-refractivity contribution in [1.82, 2.24) is 5.32 Å². The molecule has 1 N–H and O–H groups in total. The fourth-order valence-electron chi connectivity index (χ4n) is 2.35. The number of nitrogens with one attached hydrogen (secondary N) is 1. The van der Waals surface area contributed by atoms with Crippen molar-refractivity contribution >= 4 is 0 Å². The van der Waals surface area contributed by atoms with Crippen molar-refractivity contribution < 1.29 is 17.9 Å². The summed E-state index contributed by atoms with van der Waals surface area (Å²) in [5, 5.41) is 2.75. The molecule has 1 fully saturated rings. The van der Waals surface area contributed by atoms with E-state index in [-0.39, 0.29) is 11.7 Å². The topological polar surface area (TPSA) is 21.3 Å². The van der Waals surface area contributed by atoms with Crippen molar-refractivity contribution in [2.45, 2.75) is 44.1 Å². The van der Waals surface area contributed by atoms with Crippen molar-refractivity contribution in [3.8, 4) is 0 Å². The van der Waals surface area contributed by atoms with Crippen LogP contribution in [0.1, 0.15) is 31.9 Å². The van der Waals surface area contributed by atoms with E-state index < -0.39 is 17.8 Å². The van der Waals surface area contributed by atoms with E-state index >= 15 is 0 Å². The molecule has 0 bridgehead atoms. The van der Waals surface area contributed by atoms with E-state index in [0.29, 0.717) is 13.0 Å². The van der Waals surface area contributed by atoms with Gasteiger partial charge in [0.2, 0.25) is 0 Å². The number of rotatable bonds is 3. The highest BCUT2D eigenvalue weighted by molar-refractivity contribution is 5.21. The third kappa shape index (κ3) is 3.09. The van der Waals surface area contributed by atoms with Crippen LogP contribution in [0.15, 0.2) is 30.3 Å². The molecule has 19 heavy (non-hydrogen) atoms. The molecule has 106 valence electrons. The van der Waals surface area contributed by atoms with Crippen molar-refractivity contribution in [1.29, 1.82) is 0 Å². The Hall–Kier alpha value is -1.07. The first-order valence-electron chi connectivity index (χ1n) is 6.34. The monoisotopic (exact) mass is 273 g/mol. The minimum Gasteiger partial charge on any atom is -0.377 e. The van der Waals surface area contributed by atoms with Crippen LogP contribution in [0.4, 0.5) is 13.2 Å². The Balaban J connectivity index is 2.25. The Kier molecular flexibility index (Phi) is 3.87. The lowest BCUT2D eigenvalue weighted by molar-refractivity contribution is -0.164. The Morgan fingerprint density at radius 1 is 1.32 bits per heavy atom. The molecule has 2 nitrogen and oxygen atoms in total. The van der Waals surface area contributed by atoms with Gasteiger partial charge in [-0.1, -0.05) is 30.3 Å². The Morgan fingerprint density at radius 3 is 2.42 bits per heavy atom. The molecular weight excluding hydrogens is 255 g/mol. The molecule has 5 heteroatoms. The van der Waals surface area contributed by atoms with Crippen LogP contribution in [0.3, 0.4) is 0 Å². The van der Waals surface area contributed by atoms with Crippen LogP contribution in [0.25, 0.3) is 0 Å². The van der Waals surface area contributed by atoms with Crippen LogP contribution in [0, 0.1) is 0 Å². The molecule has 0 aromatic heterocycles. The van der Waals surface area contributed by atoms with Gasteiger partial charge in [-0.25, -0.2) is 0 Å². The minimum atomic E-state index is -4.33. The number of hydrogen-bond donors (Lipinski definition) is 1. The molecule has 0 radical (unpaired) electrons. The summed E-state index contributed by atoms with van der Waals surface area (Å²) in [4.78, 5) is 0.